The van der Waals surface area contributed by atoms with E-state index in [1.807, 2.05) is 12.3 Å². The molecule has 0 N–H and O–H groups in total. The molecular weight excluding hydrogens is 376 g/mol. The van der Waals surface area contributed by atoms with Gasteiger partial charge in [-0.1, -0.05) is 0 Å². The SMILES string of the molecule is COc1ccc(C(=O)OCc2csc(C)n2)cc1S(=O)(=O)N1CCCC1. The molecule has 9 heteroatoms. The number of hydrogen-bond acceptors (Lipinski definition) is 7. The number of benzene rings is 1. The van der Waals surface area contributed by atoms with Gasteiger partial charge in [-0.05, 0) is 38.0 Å². The highest BCUT2D eigenvalue weighted by Crippen LogP contribution is 2.30. The minimum atomic E-state index is -3.71. The van der Waals surface area contributed by atoms with Gasteiger partial charge in [0.2, 0.25) is 10.0 Å². The van der Waals surface area contributed by atoms with Crippen molar-refractivity contribution in [3.05, 3.63) is 39.8 Å². The first kappa shape index (κ1) is 18.8. The maximum Gasteiger partial charge on any atom is 0.338 e. The summed E-state index contributed by atoms with van der Waals surface area (Å²) in [4.78, 5) is 16.5. The Hall–Kier alpha value is -1.97. The number of thiazole rings is 1. The number of hydrogen-bond donors (Lipinski definition) is 0. The standard InChI is InChI=1S/C17H20N2O5S2/c1-12-18-14(11-25-12)10-24-17(20)13-5-6-15(23-2)16(9-13)26(21,22)19-7-3-4-8-19/h5-6,9,11H,3-4,7-8,10H2,1-2H3. The summed E-state index contributed by atoms with van der Waals surface area (Å²) in [6.45, 7) is 2.87. The molecule has 7 nitrogen and oxygen atoms in total. The Bertz CT molecular complexity index is 902. The average Bonchev–Trinajstić information content (AvgIpc) is 3.31. The van der Waals surface area contributed by atoms with Gasteiger partial charge in [-0.25, -0.2) is 18.2 Å². The zero-order chi connectivity index (χ0) is 18.7. The Morgan fingerprint density at radius 1 is 1.31 bits per heavy atom. The van der Waals surface area contributed by atoms with Crippen molar-refractivity contribution in [2.75, 3.05) is 20.2 Å². The van der Waals surface area contributed by atoms with Gasteiger partial charge in [0.1, 0.15) is 17.3 Å². The number of methoxy groups -OCH3 is 1. The largest absolute Gasteiger partial charge is 0.495 e. The van der Waals surface area contributed by atoms with Crippen LogP contribution in [0, 0.1) is 6.92 Å². The van der Waals surface area contributed by atoms with Crippen molar-refractivity contribution in [2.45, 2.75) is 31.3 Å². The highest BCUT2D eigenvalue weighted by molar-refractivity contribution is 7.89. The summed E-state index contributed by atoms with van der Waals surface area (Å²) >= 11 is 1.47. The fraction of sp³-hybridized carbons (Fsp3) is 0.412. The highest BCUT2D eigenvalue weighted by Gasteiger charge is 2.30. The lowest BCUT2D eigenvalue weighted by atomic mass is 10.2. The van der Waals surface area contributed by atoms with E-state index in [1.54, 1.807) is 0 Å². The molecule has 26 heavy (non-hydrogen) atoms. The molecule has 0 unspecified atom stereocenters. The van der Waals surface area contributed by atoms with Crippen molar-refractivity contribution < 1.29 is 22.7 Å². The van der Waals surface area contributed by atoms with E-state index >= 15 is 0 Å². The zero-order valence-electron chi connectivity index (χ0n) is 14.6. The topological polar surface area (TPSA) is 85.8 Å². The summed E-state index contributed by atoms with van der Waals surface area (Å²) in [5.74, 6) is -0.389. The fourth-order valence-electron chi connectivity index (χ4n) is 2.77. The van der Waals surface area contributed by atoms with E-state index in [2.05, 4.69) is 4.98 Å². The Morgan fingerprint density at radius 3 is 2.65 bits per heavy atom. The maximum absolute atomic E-state index is 12.9. The van der Waals surface area contributed by atoms with Crippen molar-refractivity contribution in [1.82, 2.24) is 9.29 Å². The lowest BCUT2D eigenvalue weighted by Gasteiger charge is -2.18. The minimum Gasteiger partial charge on any atom is -0.495 e. The summed E-state index contributed by atoms with van der Waals surface area (Å²) < 4.78 is 37.6. The van der Waals surface area contributed by atoms with Gasteiger partial charge in [-0.2, -0.15) is 4.31 Å². The second-order valence-corrected chi connectivity index (χ2v) is 8.88. The lowest BCUT2D eigenvalue weighted by Crippen LogP contribution is -2.28. The fourth-order valence-corrected chi connectivity index (χ4v) is 5.07. The van der Waals surface area contributed by atoms with Gasteiger partial charge in [-0.3, -0.25) is 0 Å². The van der Waals surface area contributed by atoms with E-state index in [0.29, 0.717) is 18.8 Å². The third kappa shape index (κ3) is 3.89. The van der Waals surface area contributed by atoms with Crippen LogP contribution in [0.3, 0.4) is 0 Å². The minimum absolute atomic E-state index is 0.0131. The smallest absolute Gasteiger partial charge is 0.338 e. The quantitative estimate of drug-likeness (QED) is 0.698. The van der Waals surface area contributed by atoms with Gasteiger partial charge < -0.3 is 9.47 Å². The molecule has 1 aromatic carbocycles. The van der Waals surface area contributed by atoms with E-state index in [-0.39, 0.29) is 22.8 Å². The number of carbonyl (C=O) groups is 1. The second-order valence-electron chi connectivity index (χ2n) is 5.91. The molecule has 0 atom stereocenters. The molecule has 1 saturated heterocycles. The molecule has 2 heterocycles. The predicted molar refractivity (Wildman–Crippen MR) is 97.0 cm³/mol. The van der Waals surface area contributed by atoms with Gasteiger partial charge in [0, 0.05) is 18.5 Å². The van der Waals surface area contributed by atoms with Crippen LogP contribution in [0.25, 0.3) is 0 Å². The Morgan fingerprint density at radius 2 is 2.04 bits per heavy atom. The summed E-state index contributed by atoms with van der Waals surface area (Å²) in [5, 5.41) is 2.71. The van der Waals surface area contributed by atoms with Crippen molar-refractivity contribution in [2.24, 2.45) is 0 Å². The van der Waals surface area contributed by atoms with Crippen molar-refractivity contribution >= 4 is 27.3 Å². The molecule has 1 aliphatic heterocycles. The molecule has 1 aromatic heterocycles. The zero-order valence-corrected chi connectivity index (χ0v) is 16.2. The van der Waals surface area contributed by atoms with Gasteiger partial charge >= 0.3 is 5.97 Å². The average molecular weight is 396 g/mol. The van der Waals surface area contributed by atoms with Crippen LogP contribution >= 0.6 is 11.3 Å². The third-order valence-electron chi connectivity index (χ3n) is 4.10. The number of aromatic nitrogens is 1. The lowest BCUT2D eigenvalue weighted by molar-refractivity contribution is 0.0468. The van der Waals surface area contributed by atoms with E-state index < -0.39 is 16.0 Å². The van der Waals surface area contributed by atoms with Gasteiger partial charge in [-0.15, -0.1) is 11.3 Å². The van der Waals surface area contributed by atoms with Crippen LogP contribution in [0.5, 0.6) is 5.75 Å². The van der Waals surface area contributed by atoms with Crippen LogP contribution in [0.15, 0.2) is 28.5 Å². The summed E-state index contributed by atoms with van der Waals surface area (Å²) in [7, 11) is -2.31. The van der Waals surface area contributed by atoms with Crippen molar-refractivity contribution in [3.63, 3.8) is 0 Å². The number of esters is 1. The first-order valence-electron chi connectivity index (χ1n) is 8.18. The van der Waals surface area contributed by atoms with Crippen molar-refractivity contribution in [1.29, 1.82) is 0 Å². The molecule has 2 aromatic rings. The number of sulfonamides is 1. The number of rotatable bonds is 6. The summed E-state index contributed by atoms with van der Waals surface area (Å²) in [6.07, 6.45) is 1.66. The summed E-state index contributed by atoms with van der Waals surface area (Å²) in [6, 6.07) is 4.30. The van der Waals surface area contributed by atoms with Crippen LogP contribution in [0.4, 0.5) is 0 Å². The third-order valence-corrected chi connectivity index (χ3v) is 6.84. The number of nitrogens with zero attached hydrogens (tertiary/aromatic N) is 2. The van der Waals surface area contributed by atoms with E-state index in [0.717, 1.165) is 17.8 Å². The summed E-state index contributed by atoms with van der Waals surface area (Å²) in [5.41, 5.74) is 0.829. The number of aryl methyl sites for hydroxylation is 1. The molecule has 0 bridgehead atoms. The monoisotopic (exact) mass is 396 g/mol. The molecule has 0 radical (unpaired) electrons. The number of carbonyl (C=O) groups excluding carboxylic acids is 1. The molecule has 1 aliphatic rings. The molecule has 1 fully saturated rings. The molecule has 140 valence electrons. The van der Waals surface area contributed by atoms with Crippen LogP contribution in [-0.4, -0.2) is 43.9 Å². The Kier molecular flexibility index (Phi) is 5.59. The second kappa shape index (κ2) is 7.73. The Labute approximate surface area is 156 Å². The molecule has 0 aliphatic carbocycles. The first-order chi connectivity index (χ1) is 12.4. The van der Waals surface area contributed by atoms with Crippen LogP contribution in [0.2, 0.25) is 0 Å². The van der Waals surface area contributed by atoms with Gasteiger partial charge in [0.15, 0.2) is 0 Å². The molecule has 0 amide bonds. The van der Waals surface area contributed by atoms with Crippen molar-refractivity contribution in [3.8, 4) is 5.75 Å². The van der Waals surface area contributed by atoms with Crippen LogP contribution in [0.1, 0.15) is 33.9 Å². The Balaban J connectivity index is 1.83. The normalized spacial score (nSPS) is 15.2. The van der Waals surface area contributed by atoms with Gasteiger partial charge in [0.25, 0.3) is 0 Å². The van der Waals surface area contributed by atoms with E-state index in [1.165, 1.54) is 41.0 Å². The molecule has 0 saturated carbocycles. The molecular formula is C17H20N2O5S2. The number of ether oxygens (including phenoxy) is 2. The van der Waals surface area contributed by atoms with E-state index in [4.69, 9.17) is 9.47 Å². The molecule has 3 rings (SSSR count). The highest BCUT2D eigenvalue weighted by atomic mass is 32.2. The molecule has 0 spiro atoms. The van der Waals surface area contributed by atoms with Crippen LogP contribution < -0.4 is 4.74 Å². The van der Waals surface area contributed by atoms with Crippen LogP contribution in [-0.2, 0) is 21.4 Å². The predicted octanol–water partition coefficient (Wildman–Crippen LogP) is 2.60. The van der Waals surface area contributed by atoms with E-state index in [9.17, 15) is 13.2 Å². The maximum atomic E-state index is 12.9. The van der Waals surface area contributed by atoms with Gasteiger partial charge in [0.05, 0.1) is 23.4 Å². The first-order valence-corrected chi connectivity index (χ1v) is 10.5.